The van der Waals surface area contributed by atoms with Gasteiger partial charge in [0, 0.05) is 11.1 Å². The molecule has 1 atom stereocenters. The van der Waals surface area contributed by atoms with Crippen LogP contribution >= 0.6 is 11.6 Å². The van der Waals surface area contributed by atoms with E-state index in [-0.39, 0.29) is 5.56 Å². The van der Waals surface area contributed by atoms with Gasteiger partial charge in [-0.25, -0.2) is 13.2 Å². The Morgan fingerprint density at radius 1 is 1.33 bits per heavy atom. The maximum absolute atomic E-state index is 12.9. The van der Waals surface area contributed by atoms with Crippen LogP contribution in [0.1, 0.15) is 29.3 Å². The minimum atomic E-state index is -2.81. The molecule has 1 aromatic rings. The van der Waals surface area contributed by atoms with Crippen LogP contribution in [0.3, 0.4) is 0 Å². The van der Waals surface area contributed by atoms with E-state index in [0.29, 0.717) is 6.07 Å². The third-order valence-corrected chi connectivity index (χ3v) is 2.02. The SMILES string of the molecule is CC(Cl)C(=O)c1cc(F)cc(C(F)F)c1. The summed E-state index contributed by atoms with van der Waals surface area (Å²) in [5.74, 6) is -1.44. The van der Waals surface area contributed by atoms with Crippen LogP contribution in [0.4, 0.5) is 13.2 Å². The van der Waals surface area contributed by atoms with Crippen molar-refractivity contribution in [3.63, 3.8) is 0 Å². The Labute approximate surface area is 89.9 Å². The number of benzene rings is 1. The van der Waals surface area contributed by atoms with Crippen molar-refractivity contribution in [1.82, 2.24) is 0 Å². The van der Waals surface area contributed by atoms with E-state index in [1.165, 1.54) is 6.92 Å². The van der Waals surface area contributed by atoms with Gasteiger partial charge in [0.25, 0.3) is 6.43 Å². The van der Waals surface area contributed by atoms with Crippen molar-refractivity contribution in [1.29, 1.82) is 0 Å². The van der Waals surface area contributed by atoms with E-state index < -0.39 is 29.0 Å². The Kier molecular flexibility index (Phi) is 3.74. The molecular weight excluding hydrogens is 229 g/mol. The molecule has 0 spiro atoms. The van der Waals surface area contributed by atoms with Gasteiger partial charge in [-0.2, -0.15) is 0 Å². The molecule has 0 aliphatic rings. The highest BCUT2D eigenvalue weighted by atomic mass is 35.5. The van der Waals surface area contributed by atoms with E-state index in [1.54, 1.807) is 0 Å². The van der Waals surface area contributed by atoms with Crippen molar-refractivity contribution in [2.24, 2.45) is 0 Å². The summed E-state index contributed by atoms with van der Waals surface area (Å²) in [7, 11) is 0. The summed E-state index contributed by atoms with van der Waals surface area (Å²) in [6.45, 7) is 1.40. The molecule has 82 valence electrons. The molecule has 15 heavy (non-hydrogen) atoms. The first-order chi connectivity index (χ1) is 6.91. The number of ketones is 1. The molecule has 0 radical (unpaired) electrons. The average Bonchev–Trinajstić information content (AvgIpc) is 2.15. The average molecular weight is 237 g/mol. The maximum Gasteiger partial charge on any atom is 0.263 e. The predicted octanol–water partition coefficient (Wildman–Crippen LogP) is 3.57. The van der Waals surface area contributed by atoms with Crippen molar-refractivity contribution in [3.05, 3.63) is 35.1 Å². The molecule has 5 heteroatoms. The third kappa shape index (κ3) is 2.96. The Morgan fingerprint density at radius 2 is 1.93 bits per heavy atom. The lowest BCUT2D eigenvalue weighted by Gasteiger charge is -2.06. The highest BCUT2D eigenvalue weighted by Gasteiger charge is 2.17. The lowest BCUT2D eigenvalue weighted by molar-refractivity contribution is 0.0990. The molecule has 0 saturated heterocycles. The molecule has 0 fully saturated rings. The van der Waals surface area contributed by atoms with Gasteiger partial charge in [-0.15, -0.1) is 11.6 Å². The molecule has 1 aromatic carbocycles. The van der Waals surface area contributed by atoms with Gasteiger partial charge >= 0.3 is 0 Å². The molecule has 1 unspecified atom stereocenters. The van der Waals surface area contributed by atoms with Crippen LogP contribution in [0.5, 0.6) is 0 Å². The van der Waals surface area contributed by atoms with Crippen LogP contribution in [-0.2, 0) is 0 Å². The lowest BCUT2D eigenvalue weighted by Crippen LogP contribution is -2.11. The van der Waals surface area contributed by atoms with E-state index in [9.17, 15) is 18.0 Å². The molecule has 0 N–H and O–H groups in total. The summed E-state index contributed by atoms with van der Waals surface area (Å²) in [5, 5.41) is -0.864. The molecular formula is C10H8ClF3O. The van der Waals surface area contributed by atoms with Gasteiger partial charge in [0.1, 0.15) is 5.82 Å². The summed E-state index contributed by atoms with van der Waals surface area (Å²) in [6, 6.07) is 2.54. The summed E-state index contributed by atoms with van der Waals surface area (Å²) in [4.78, 5) is 11.3. The smallest absolute Gasteiger partial charge is 0.263 e. The fourth-order valence-electron chi connectivity index (χ4n) is 1.11. The third-order valence-electron chi connectivity index (χ3n) is 1.82. The van der Waals surface area contributed by atoms with Crippen molar-refractivity contribution in [2.75, 3.05) is 0 Å². The van der Waals surface area contributed by atoms with Gasteiger partial charge < -0.3 is 0 Å². The predicted molar refractivity (Wildman–Crippen MR) is 51.0 cm³/mol. The first-order valence-electron chi connectivity index (χ1n) is 4.18. The van der Waals surface area contributed by atoms with Crippen molar-refractivity contribution >= 4 is 17.4 Å². The van der Waals surface area contributed by atoms with Crippen molar-refractivity contribution < 1.29 is 18.0 Å². The van der Waals surface area contributed by atoms with Crippen molar-refractivity contribution in [3.8, 4) is 0 Å². The number of halogens is 4. The number of hydrogen-bond donors (Lipinski definition) is 0. The van der Waals surface area contributed by atoms with Gasteiger partial charge in [-0.3, -0.25) is 4.79 Å². The molecule has 0 saturated carbocycles. The molecule has 0 aliphatic heterocycles. The Bertz CT molecular complexity index is 377. The molecule has 0 bridgehead atoms. The van der Waals surface area contributed by atoms with Crippen LogP contribution in [0.2, 0.25) is 0 Å². The van der Waals surface area contributed by atoms with Gasteiger partial charge in [0.15, 0.2) is 5.78 Å². The Balaban J connectivity index is 3.14. The van der Waals surface area contributed by atoms with E-state index in [0.717, 1.165) is 12.1 Å². The first kappa shape index (κ1) is 12.0. The highest BCUT2D eigenvalue weighted by molar-refractivity contribution is 6.33. The number of alkyl halides is 3. The Morgan fingerprint density at radius 3 is 2.40 bits per heavy atom. The van der Waals surface area contributed by atoms with Crippen LogP contribution in [0.25, 0.3) is 0 Å². The molecule has 0 aromatic heterocycles. The van der Waals surface area contributed by atoms with Crippen molar-refractivity contribution in [2.45, 2.75) is 18.7 Å². The van der Waals surface area contributed by atoms with Gasteiger partial charge in [-0.1, -0.05) is 0 Å². The minimum absolute atomic E-state index is 0.132. The summed E-state index contributed by atoms with van der Waals surface area (Å²) in [6.07, 6.45) is -2.81. The standard InChI is InChI=1S/C10H8ClF3O/c1-5(11)9(15)6-2-7(10(13)14)4-8(12)3-6/h2-5,10H,1H3. The number of hydrogen-bond acceptors (Lipinski definition) is 1. The summed E-state index contributed by atoms with van der Waals surface area (Å²) < 4.78 is 37.4. The monoisotopic (exact) mass is 236 g/mol. The highest BCUT2D eigenvalue weighted by Crippen LogP contribution is 2.22. The topological polar surface area (TPSA) is 17.1 Å². The molecule has 1 rings (SSSR count). The minimum Gasteiger partial charge on any atom is -0.293 e. The normalized spacial score (nSPS) is 12.9. The zero-order valence-corrected chi connectivity index (χ0v) is 8.56. The van der Waals surface area contributed by atoms with Crippen LogP contribution in [0, 0.1) is 5.82 Å². The first-order valence-corrected chi connectivity index (χ1v) is 4.62. The Hall–Kier alpha value is -1.03. The second kappa shape index (κ2) is 4.66. The summed E-state index contributed by atoms with van der Waals surface area (Å²) in [5.41, 5.74) is -0.650. The van der Waals surface area contributed by atoms with Gasteiger partial charge in [-0.05, 0) is 25.1 Å². The molecule has 1 nitrogen and oxygen atoms in total. The molecule has 0 aliphatic carbocycles. The van der Waals surface area contributed by atoms with E-state index in [2.05, 4.69) is 0 Å². The van der Waals surface area contributed by atoms with E-state index in [4.69, 9.17) is 11.6 Å². The fraction of sp³-hybridized carbons (Fsp3) is 0.300. The number of rotatable bonds is 3. The van der Waals surface area contributed by atoms with E-state index in [1.807, 2.05) is 0 Å². The van der Waals surface area contributed by atoms with Crippen LogP contribution in [-0.4, -0.2) is 11.2 Å². The molecule has 0 heterocycles. The largest absolute Gasteiger partial charge is 0.293 e. The number of Topliss-reactive ketones (excluding diaryl/α,β-unsaturated/α-hetero) is 1. The summed E-state index contributed by atoms with van der Waals surface area (Å²) >= 11 is 5.49. The number of carbonyl (C=O) groups is 1. The second-order valence-corrected chi connectivity index (χ2v) is 3.71. The second-order valence-electron chi connectivity index (χ2n) is 3.05. The fourth-order valence-corrected chi connectivity index (χ4v) is 1.24. The molecule has 0 amide bonds. The lowest BCUT2D eigenvalue weighted by atomic mass is 10.1. The maximum atomic E-state index is 12.9. The zero-order valence-electron chi connectivity index (χ0n) is 7.81. The number of carbonyl (C=O) groups excluding carboxylic acids is 1. The van der Waals surface area contributed by atoms with Crippen LogP contribution in [0.15, 0.2) is 18.2 Å². The van der Waals surface area contributed by atoms with Gasteiger partial charge in [0.05, 0.1) is 5.38 Å². The zero-order chi connectivity index (χ0) is 11.6. The quantitative estimate of drug-likeness (QED) is 0.579. The van der Waals surface area contributed by atoms with E-state index >= 15 is 0 Å². The van der Waals surface area contributed by atoms with Crippen LogP contribution < -0.4 is 0 Å². The van der Waals surface area contributed by atoms with Gasteiger partial charge in [0.2, 0.25) is 0 Å².